The van der Waals surface area contributed by atoms with E-state index in [9.17, 15) is 9.59 Å². The predicted molar refractivity (Wildman–Crippen MR) is 100 cm³/mol. The van der Waals surface area contributed by atoms with Gasteiger partial charge in [0.1, 0.15) is 17.9 Å². The maximum Gasteiger partial charge on any atom is 0.331 e. The van der Waals surface area contributed by atoms with Crippen LogP contribution >= 0.6 is 0 Å². The van der Waals surface area contributed by atoms with Gasteiger partial charge >= 0.3 is 5.97 Å². The Hall–Kier alpha value is -3.41. The summed E-state index contributed by atoms with van der Waals surface area (Å²) in [5, 5.41) is 0. The first-order chi connectivity index (χ1) is 13.1. The molecule has 0 saturated carbocycles. The fourth-order valence-corrected chi connectivity index (χ4v) is 2.51. The molecule has 3 rings (SSSR count). The molecular formula is C21H19NO5. The van der Waals surface area contributed by atoms with Crippen molar-refractivity contribution < 1.29 is 23.5 Å². The maximum atomic E-state index is 12.0. The fraction of sp³-hybridized carbons (Fsp3) is 0.190. The summed E-state index contributed by atoms with van der Waals surface area (Å²) in [6.45, 7) is 3.80. The van der Waals surface area contributed by atoms with E-state index in [0.717, 1.165) is 0 Å². The van der Waals surface area contributed by atoms with Gasteiger partial charge in [-0.1, -0.05) is 12.1 Å². The van der Waals surface area contributed by atoms with E-state index in [1.165, 1.54) is 19.1 Å². The van der Waals surface area contributed by atoms with Gasteiger partial charge in [0.05, 0.1) is 6.61 Å². The van der Waals surface area contributed by atoms with Crippen molar-refractivity contribution in [2.24, 2.45) is 0 Å². The lowest BCUT2D eigenvalue weighted by Gasteiger charge is -2.11. The van der Waals surface area contributed by atoms with Crippen LogP contribution in [-0.2, 0) is 16.1 Å². The van der Waals surface area contributed by atoms with Gasteiger partial charge in [-0.25, -0.2) is 9.78 Å². The van der Waals surface area contributed by atoms with Gasteiger partial charge in [-0.15, -0.1) is 0 Å². The van der Waals surface area contributed by atoms with Crippen molar-refractivity contribution in [2.75, 3.05) is 6.61 Å². The molecule has 6 nitrogen and oxygen atoms in total. The number of carbonyl (C=O) groups excluding carboxylic acids is 2. The van der Waals surface area contributed by atoms with Gasteiger partial charge < -0.3 is 13.9 Å². The highest BCUT2D eigenvalue weighted by Crippen LogP contribution is 2.22. The number of hydrogen-bond donors (Lipinski definition) is 0. The number of para-hydroxylation sites is 2. The molecule has 0 radical (unpaired) electrons. The molecule has 0 aliphatic rings. The molecule has 1 aromatic heterocycles. The average Bonchev–Trinajstić information content (AvgIpc) is 3.08. The SMILES string of the molecule is CCOc1ccc(C(C)=O)cc1COC(=O)/C=C/c1nc2ccccc2o1. The van der Waals surface area contributed by atoms with Gasteiger partial charge in [0.15, 0.2) is 11.4 Å². The molecule has 0 N–H and O–H groups in total. The van der Waals surface area contributed by atoms with Crippen molar-refractivity contribution in [3.05, 3.63) is 65.6 Å². The average molecular weight is 365 g/mol. The fourth-order valence-electron chi connectivity index (χ4n) is 2.51. The Balaban J connectivity index is 1.67. The molecule has 0 aliphatic carbocycles. The molecule has 0 atom stereocenters. The number of rotatable bonds is 7. The number of hydrogen-bond acceptors (Lipinski definition) is 6. The Labute approximate surface area is 156 Å². The number of benzene rings is 2. The van der Waals surface area contributed by atoms with Gasteiger partial charge in [-0.3, -0.25) is 4.79 Å². The second-order valence-electron chi connectivity index (χ2n) is 5.77. The monoisotopic (exact) mass is 365 g/mol. The summed E-state index contributed by atoms with van der Waals surface area (Å²) < 4.78 is 16.3. The number of carbonyl (C=O) groups is 2. The summed E-state index contributed by atoms with van der Waals surface area (Å²) in [6, 6.07) is 12.4. The second-order valence-corrected chi connectivity index (χ2v) is 5.77. The minimum absolute atomic E-state index is 0.00676. The summed E-state index contributed by atoms with van der Waals surface area (Å²) in [6.07, 6.45) is 2.71. The van der Waals surface area contributed by atoms with E-state index in [1.807, 2.05) is 25.1 Å². The van der Waals surface area contributed by atoms with Crippen molar-refractivity contribution >= 4 is 28.9 Å². The third-order valence-corrected chi connectivity index (χ3v) is 3.81. The first-order valence-corrected chi connectivity index (χ1v) is 8.54. The molecule has 0 spiro atoms. The molecule has 0 unspecified atom stereocenters. The standard InChI is InChI=1S/C21H19NO5/c1-3-25-18-9-8-15(14(2)23)12-16(18)13-26-21(24)11-10-20-22-17-6-4-5-7-19(17)27-20/h4-12H,3,13H2,1-2H3/b11-10+. The number of fused-ring (bicyclic) bond motifs is 1. The highest BCUT2D eigenvalue weighted by molar-refractivity contribution is 5.94. The minimum atomic E-state index is -0.548. The van der Waals surface area contributed by atoms with E-state index < -0.39 is 5.97 Å². The van der Waals surface area contributed by atoms with E-state index >= 15 is 0 Å². The number of esters is 1. The van der Waals surface area contributed by atoms with Gasteiger partial charge in [-0.2, -0.15) is 0 Å². The normalized spacial score (nSPS) is 11.0. The van der Waals surface area contributed by atoms with Crippen molar-refractivity contribution in [1.82, 2.24) is 4.98 Å². The van der Waals surface area contributed by atoms with Crippen molar-refractivity contribution in [3.8, 4) is 5.75 Å². The molecule has 0 fully saturated rings. The number of nitrogens with zero attached hydrogens (tertiary/aromatic N) is 1. The van der Waals surface area contributed by atoms with E-state index in [-0.39, 0.29) is 12.4 Å². The molecule has 3 aromatic rings. The molecule has 0 aliphatic heterocycles. The highest BCUT2D eigenvalue weighted by Gasteiger charge is 2.10. The number of aromatic nitrogens is 1. The Morgan fingerprint density at radius 1 is 1.19 bits per heavy atom. The van der Waals surface area contributed by atoms with Crippen LogP contribution in [0.1, 0.15) is 35.7 Å². The summed E-state index contributed by atoms with van der Waals surface area (Å²) in [4.78, 5) is 27.8. The first kappa shape index (κ1) is 18.4. The number of ketones is 1. The molecule has 0 amide bonds. The molecule has 2 aromatic carbocycles. The lowest BCUT2D eigenvalue weighted by molar-refractivity contribution is -0.138. The van der Waals surface area contributed by atoms with Crippen LogP contribution in [0.4, 0.5) is 0 Å². The smallest absolute Gasteiger partial charge is 0.331 e. The molecule has 6 heteroatoms. The first-order valence-electron chi connectivity index (χ1n) is 8.54. The zero-order valence-corrected chi connectivity index (χ0v) is 15.1. The third kappa shape index (κ3) is 4.61. The topological polar surface area (TPSA) is 78.6 Å². The molecular weight excluding hydrogens is 346 g/mol. The Morgan fingerprint density at radius 3 is 2.74 bits per heavy atom. The van der Waals surface area contributed by atoms with Crippen LogP contribution in [0.2, 0.25) is 0 Å². The van der Waals surface area contributed by atoms with Gasteiger partial charge in [0, 0.05) is 23.3 Å². The van der Waals surface area contributed by atoms with Crippen LogP contribution in [0, 0.1) is 0 Å². The Kier molecular flexibility index (Phi) is 5.66. The molecule has 27 heavy (non-hydrogen) atoms. The predicted octanol–water partition coefficient (Wildman–Crippen LogP) is 4.19. The van der Waals surface area contributed by atoms with Crippen LogP contribution in [-0.4, -0.2) is 23.3 Å². The lowest BCUT2D eigenvalue weighted by Crippen LogP contribution is -2.05. The number of ether oxygens (including phenoxy) is 2. The zero-order valence-electron chi connectivity index (χ0n) is 15.1. The van der Waals surface area contributed by atoms with Crippen LogP contribution in [0.3, 0.4) is 0 Å². The van der Waals surface area contributed by atoms with E-state index in [1.54, 1.807) is 24.3 Å². The van der Waals surface area contributed by atoms with Crippen molar-refractivity contribution in [1.29, 1.82) is 0 Å². The van der Waals surface area contributed by atoms with E-state index in [4.69, 9.17) is 13.9 Å². The van der Waals surface area contributed by atoms with Gasteiger partial charge in [0.25, 0.3) is 0 Å². The molecule has 0 bridgehead atoms. The van der Waals surface area contributed by atoms with Crippen LogP contribution in [0.15, 0.2) is 53.0 Å². The summed E-state index contributed by atoms with van der Waals surface area (Å²) in [7, 11) is 0. The quantitative estimate of drug-likeness (QED) is 0.355. The lowest BCUT2D eigenvalue weighted by atomic mass is 10.1. The maximum absolute atomic E-state index is 12.0. The Bertz CT molecular complexity index is 970. The largest absolute Gasteiger partial charge is 0.493 e. The van der Waals surface area contributed by atoms with Crippen LogP contribution in [0.25, 0.3) is 17.2 Å². The zero-order chi connectivity index (χ0) is 19.2. The van der Waals surface area contributed by atoms with Crippen LogP contribution in [0.5, 0.6) is 5.75 Å². The molecule has 138 valence electrons. The molecule has 1 heterocycles. The van der Waals surface area contributed by atoms with Crippen molar-refractivity contribution in [3.63, 3.8) is 0 Å². The Morgan fingerprint density at radius 2 is 2.00 bits per heavy atom. The number of Topliss-reactive ketones (excluding diaryl/α,β-unsaturated/α-hetero) is 1. The van der Waals surface area contributed by atoms with Crippen LogP contribution < -0.4 is 4.74 Å². The summed E-state index contributed by atoms with van der Waals surface area (Å²) in [5.74, 6) is 0.286. The third-order valence-electron chi connectivity index (χ3n) is 3.81. The summed E-state index contributed by atoms with van der Waals surface area (Å²) >= 11 is 0. The second kappa shape index (κ2) is 8.31. The number of oxazole rings is 1. The molecule has 0 saturated heterocycles. The van der Waals surface area contributed by atoms with Gasteiger partial charge in [0.2, 0.25) is 5.89 Å². The van der Waals surface area contributed by atoms with Crippen molar-refractivity contribution in [2.45, 2.75) is 20.5 Å². The highest BCUT2D eigenvalue weighted by atomic mass is 16.5. The summed E-state index contributed by atoms with van der Waals surface area (Å²) in [5.41, 5.74) is 2.53. The van der Waals surface area contributed by atoms with E-state index in [2.05, 4.69) is 4.98 Å². The minimum Gasteiger partial charge on any atom is -0.493 e. The van der Waals surface area contributed by atoms with E-state index in [0.29, 0.717) is 40.5 Å². The van der Waals surface area contributed by atoms with Gasteiger partial charge in [-0.05, 0) is 44.2 Å².